The number of hydrogen-bond acceptors (Lipinski definition) is 3. The Morgan fingerprint density at radius 2 is 2.22 bits per heavy atom. The first-order valence-corrected chi connectivity index (χ1v) is 6.55. The summed E-state index contributed by atoms with van der Waals surface area (Å²) in [6.07, 6.45) is 1.67. The molecule has 1 unspecified atom stereocenters. The number of amides is 1. The molecule has 0 aliphatic carbocycles. The zero-order chi connectivity index (χ0) is 13.0. The quantitative estimate of drug-likeness (QED) is 0.728. The third kappa shape index (κ3) is 3.09. The minimum atomic E-state index is -0.383. The van der Waals surface area contributed by atoms with Crippen molar-refractivity contribution in [2.45, 2.75) is 45.4 Å². The van der Waals surface area contributed by atoms with Gasteiger partial charge in [-0.1, -0.05) is 31.5 Å². The maximum atomic E-state index is 11.7. The fourth-order valence-corrected chi connectivity index (χ4v) is 2.22. The first-order chi connectivity index (χ1) is 8.70. The van der Waals surface area contributed by atoms with E-state index in [4.69, 9.17) is 5.73 Å². The van der Waals surface area contributed by atoms with Gasteiger partial charge in [-0.05, 0) is 23.1 Å². The van der Waals surface area contributed by atoms with Crippen LogP contribution in [0.5, 0.6) is 0 Å². The van der Waals surface area contributed by atoms with Gasteiger partial charge in [-0.25, -0.2) is 0 Å². The van der Waals surface area contributed by atoms with Gasteiger partial charge in [-0.15, -0.1) is 0 Å². The van der Waals surface area contributed by atoms with Gasteiger partial charge in [0.15, 0.2) is 0 Å². The summed E-state index contributed by atoms with van der Waals surface area (Å²) in [7, 11) is 0. The molecule has 0 spiro atoms. The molecule has 1 atom stereocenters. The van der Waals surface area contributed by atoms with Gasteiger partial charge >= 0.3 is 0 Å². The van der Waals surface area contributed by atoms with Gasteiger partial charge in [0.1, 0.15) is 0 Å². The average Bonchev–Trinajstić information content (AvgIpc) is 2.83. The van der Waals surface area contributed by atoms with Crippen LogP contribution < -0.4 is 16.4 Å². The molecule has 1 aromatic rings. The van der Waals surface area contributed by atoms with Crippen molar-refractivity contribution in [2.24, 2.45) is 5.73 Å². The van der Waals surface area contributed by atoms with Crippen LogP contribution in [0.3, 0.4) is 0 Å². The number of hydrogen-bond donors (Lipinski definition) is 3. The van der Waals surface area contributed by atoms with Crippen LogP contribution in [0.4, 0.5) is 0 Å². The van der Waals surface area contributed by atoms with E-state index in [1.807, 2.05) is 6.92 Å². The van der Waals surface area contributed by atoms with Gasteiger partial charge in [-0.2, -0.15) is 0 Å². The first-order valence-electron chi connectivity index (χ1n) is 6.55. The fraction of sp³-hybridized carbons (Fsp3) is 0.500. The summed E-state index contributed by atoms with van der Waals surface area (Å²) in [6, 6.07) is 5.97. The Kier molecular flexibility index (Phi) is 4.33. The molecule has 1 aromatic carbocycles. The molecule has 1 amide bonds. The molecule has 1 aliphatic heterocycles. The second-order valence-electron chi connectivity index (χ2n) is 4.82. The van der Waals surface area contributed by atoms with Crippen molar-refractivity contribution in [3.05, 3.63) is 34.9 Å². The fourth-order valence-electron chi connectivity index (χ4n) is 2.22. The number of nitrogens with one attached hydrogen (secondary N) is 2. The molecule has 2 rings (SSSR count). The normalized spacial score (nSPS) is 15.2. The van der Waals surface area contributed by atoms with Crippen molar-refractivity contribution in [2.75, 3.05) is 0 Å². The Morgan fingerprint density at radius 3 is 3.00 bits per heavy atom. The Labute approximate surface area is 108 Å². The maximum absolute atomic E-state index is 11.7. The van der Waals surface area contributed by atoms with Gasteiger partial charge in [0.2, 0.25) is 5.91 Å². The zero-order valence-corrected chi connectivity index (χ0v) is 10.8. The zero-order valence-electron chi connectivity index (χ0n) is 10.8. The van der Waals surface area contributed by atoms with Gasteiger partial charge < -0.3 is 16.4 Å². The average molecular weight is 247 g/mol. The number of carbonyl (C=O) groups excluding carboxylic acids is 1. The van der Waals surface area contributed by atoms with Crippen molar-refractivity contribution in [1.29, 1.82) is 0 Å². The summed E-state index contributed by atoms with van der Waals surface area (Å²) < 4.78 is 0. The molecule has 1 aliphatic rings. The summed E-state index contributed by atoms with van der Waals surface area (Å²) in [6.45, 7) is 4.46. The SMILES string of the molecule is CCCC(N)C(=O)NCc1ccc2c(c1)CNC2. The van der Waals surface area contributed by atoms with Gasteiger partial charge in [0, 0.05) is 19.6 Å². The van der Waals surface area contributed by atoms with Crippen molar-refractivity contribution in [3.63, 3.8) is 0 Å². The Balaban J connectivity index is 1.88. The van der Waals surface area contributed by atoms with Crippen LogP contribution in [0.2, 0.25) is 0 Å². The van der Waals surface area contributed by atoms with E-state index in [-0.39, 0.29) is 11.9 Å². The first kappa shape index (κ1) is 13.1. The summed E-state index contributed by atoms with van der Waals surface area (Å²) in [5.74, 6) is -0.0597. The van der Waals surface area contributed by atoms with E-state index < -0.39 is 0 Å². The molecule has 0 saturated carbocycles. The van der Waals surface area contributed by atoms with Gasteiger partial charge in [0.05, 0.1) is 6.04 Å². The lowest BCUT2D eigenvalue weighted by atomic mass is 10.1. The van der Waals surface area contributed by atoms with Crippen molar-refractivity contribution in [3.8, 4) is 0 Å². The van der Waals surface area contributed by atoms with Crippen LogP contribution >= 0.6 is 0 Å². The molecule has 0 aromatic heterocycles. The van der Waals surface area contributed by atoms with E-state index in [9.17, 15) is 4.79 Å². The Bertz CT molecular complexity index is 431. The molecule has 0 fully saturated rings. The van der Waals surface area contributed by atoms with E-state index in [1.165, 1.54) is 11.1 Å². The molecular weight excluding hydrogens is 226 g/mol. The number of fused-ring (bicyclic) bond motifs is 1. The number of carbonyl (C=O) groups is 1. The molecule has 98 valence electrons. The third-order valence-corrected chi connectivity index (χ3v) is 3.30. The molecule has 4 N–H and O–H groups in total. The highest BCUT2D eigenvalue weighted by Crippen LogP contribution is 2.16. The maximum Gasteiger partial charge on any atom is 0.237 e. The summed E-state index contributed by atoms with van der Waals surface area (Å²) in [5, 5.41) is 6.20. The molecule has 4 nitrogen and oxygen atoms in total. The van der Waals surface area contributed by atoms with Crippen molar-refractivity contribution < 1.29 is 4.79 Å². The minimum Gasteiger partial charge on any atom is -0.351 e. The van der Waals surface area contributed by atoms with E-state index in [2.05, 4.69) is 28.8 Å². The monoisotopic (exact) mass is 247 g/mol. The highest BCUT2D eigenvalue weighted by molar-refractivity contribution is 5.81. The van der Waals surface area contributed by atoms with Crippen LogP contribution in [0.1, 0.15) is 36.5 Å². The van der Waals surface area contributed by atoms with Crippen molar-refractivity contribution >= 4 is 5.91 Å². The molecule has 0 bridgehead atoms. The molecule has 4 heteroatoms. The van der Waals surface area contributed by atoms with Gasteiger partial charge in [-0.3, -0.25) is 4.79 Å². The lowest BCUT2D eigenvalue weighted by molar-refractivity contribution is -0.122. The van der Waals surface area contributed by atoms with Crippen molar-refractivity contribution in [1.82, 2.24) is 10.6 Å². The molecular formula is C14H21N3O. The Morgan fingerprint density at radius 1 is 1.44 bits per heavy atom. The summed E-state index contributed by atoms with van der Waals surface area (Å²) in [4.78, 5) is 11.7. The lowest BCUT2D eigenvalue weighted by Gasteiger charge is -2.11. The summed E-state index contributed by atoms with van der Waals surface area (Å²) in [5.41, 5.74) is 9.58. The van der Waals surface area contributed by atoms with E-state index in [1.54, 1.807) is 0 Å². The number of nitrogens with two attached hydrogens (primary N) is 1. The molecule has 1 heterocycles. The lowest BCUT2D eigenvalue weighted by Crippen LogP contribution is -2.40. The van der Waals surface area contributed by atoms with Crippen LogP contribution in [-0.2, 0) is 24.4 Å². The second kappa shape index (κ2) is 5.98. The smallest absolute Gasteiger partial charge is 0.237 e. The van der Waals surface area contributed by atoms with E-state index >= 15 is 0 Å². The van der Waals surface area contributed by atoms with Crippen LogP contribution in [-0.4, -0.2) is 11.9 Å². The molecule has 0 saturated heterocycles. The van der Waals surface area contributed by atoms with Crippen LogP contribution in [0, 0.1) is 0 Å². The predicted molar refractivity (Wildman–Crippen MR) is 71.7 cm³/mol. The predicted octanol–water partition coefficient (Wildman–Crippen LogP) is 1.03. The third-order valence-electron chi connectivity index (χ3n) is 3.30. The second-order valence-corrected chi connectivity index (χ2v) is 4.82. The number of rotatable bonds is 5. The van der Waals surface area contributed by atoms with E-state index in [0.29, 0.717) is 6.54 Å². The molecule has 0 radical (unpaired) electrons. The largest absolute Gasteiger partial charge is 0.351 e. The highest BCUT2D eigenvalue weighted by atomic mass is 16.2. The topological polar surface area (TPSA) is 67.2 Å². The van der Waals surface area contributed by atoms with Gasteiger partial charge in [0.25, 0.3) is 0 Å². The minimum absolute atomic E-state index is 0.0597. The highest BCUT2D eigenvalue weighted by Gasteiger charge is 2.13. The number of benzene rings is 1. The molecule has 18 heavy (non-hydrogen) atoms. The standard InChI is InChI=1S/C14H21N3O/c1-2-3-13(15)14(18)17-7-10-4-5-11-8-16-9-12(11)6-10/h4-6,13,16H,2-3,7-9,15H2,1H3,(H,17,18). The van der Waals surface area contributed by atoms with Crippen LogP contribution in [0.25, 0.3) is 0 Å². The Hall–Kier alpha value is -1.39. The van der Waals surface area contributed by atoms with Crippen LogP contribution in [0.15, 0.2) is 18.2 Å². The summed E-state index contributed by atoms with van der Waals surface area (Å²) >= 11 is 0. The van der Waals surface area contributed by atoms with E-state index in [0.717, 1.165) is 31.5 Å².